The molecule has 0 fully saturated rings. The molecule has 2 N–H and O–H groups in total. The van der Waals surface area contributed by atoms with E-state index in [-0.39, 0.29) is 17.8 Å². The number of nitrogens with zero attached hydrogens (tertiary/aromatic N) is 1. The topological polar surface area (TPSA) is 29.3 Å². The van der Waals surface area contributed by atoms with E-state index in [1.54, 1.807) is 11.9 Å². The van der Waals surface area contributed by atoms with Crippen molar-refractivity contribution in [2.45, 2.75) is 45.7 Å². The van der Waals surface area contributed by atoms with Gasteiger partial charge in [0.15, 0.2) is 0 Å². The van der Waals surface area contributed by atoms with Crippen molar-refractivity contribution in [1.29, 1.82) is 0 Å². The summed E-state index contributed by atoms with van der Waals surface area (Å²) < 4.78 is 27.9. The molecule has 0 spiro atoms. The Morgan fingerprint density at radius 3 is 2.11 bits per heavy atom. The minimum absolute atomic E-state index is 0.0267. The summed E-state index contributed by atoms with van der Waals surface area (Å²) in [4.78, 5) is 1.59. The molecule has 0 aliphatic rings. The van der Waals surface area contributed by atoms with Gasteiger partial charge in [0, 0.05) is 19.1 Å². The van der Waals surface area contributed by atoms with Crippen LogP contribution in [0, 0.1) is 11.6 Å². The second kappa shape index (κ2) is 6.14. The number of rotatable bonds is 5. The number of anilines is 1. The fraction of sp³-hybridized carbons (Fsp3) is 0.571. The van der Waals surface area contributed by atoms with Crippen LogP contribution in [-0.4, -0.2) is 19.1 Å². The van der Waals surface area contributed by atoms with Gasteiger partial charge in [0.2, 0.25) is 0 Å². The summed E-state index contributed by atoms with van der Waals surface area (Å²) in [7, 11) is 1.68. The molecular formula is C14H22F2N2. The summed E-state index contributed by atoms with van der Waals surface area (Å²) >= 11 is 0. The van der Waals surface area contributed by atoms with Crippen molar-refractivity contribution in [3.05, 3.63) is 29.3 Å². The molecule has 1 aromatic carbocycles. The zero-order chi connectivity index (χ0) is 13.9. The van der Waals surface area contributed by atoms with Crippen molar-refractivity contribution in [2.24, 2.45) is 5.73 Å². The van der Waals surface area contributed by atoms with E-state index in [4.69, 9.17) is 5.73 Å². The van der Waals surface area contributed by atoms with E-state index in [9.17, 15) is 8.78 Å². The SMILES string of the molecule is CCC(N)Cc1cc(F)c(N(C)C(C)C)c(F)c1. The zero-order valence-electron chi connectivity index (χ0n) is 11.5. The van der Waals surface area contributed by atoms with E-state index < -0.39 is 11.6 Å². The fourth-order valence-corrected chi connectivity index (χ4v) is 1.78. The van der Waals surface area contributed by atoms with E-state index in [1.165, 1.54) is 12.1 Å². The van der Waals surface area contributed by atoms with E-state index in [1.807, 2.05) is 20.8 Å². The molecule has 1 aromatic rings. The Morgan fingerprint density at radius 1 is 1.22 bits per heavy atom. The van der Waals surface area contributed by atoms with Gasteiger partial charge in [0.05, 0.1) is 0 Å². The molecule has 0 saturated carbocycles. The van der Waals surface area contributed by atoms with Crippen molar-refractivity contribution >= 4 is 5.69 Å². The van der Waals surface area contributed by atoms with Crippen LogP contribution >= 0.6 is 0 Å². The van der Waals surface area contributed by atoms with Crippen LogP contribution in [0.4, 0.5) is 14.5 Å². The number of hydrogen-bond acceptors (Lipinski definition) is 2. The maximum absolute atomic E-state index is 14.0. The Bertz CT molecular complexity index is 382. The molecule has 2 nitrogen and oxygen atoms in total. The molecule has 102 valence electrons. The minimum Gasteiger partial charge on any atom is -0.367 e. The fourth-order valence-electron chi connectivity index (χ4n) is 1.78. The Balaban J connectivity index is 3.05. The van der Waals surface area contributed by atoms with Gasteiger partial charge in [-0.25, -0.2) is 8.78 Å². The molecule has 0 heterocycles. The lowest BCUT2D eigenvalue weighted by molar-refractivity contribution is 0.559. The molecule has 0 aliphatic heterocycles. The largest absolute Gasteiger partial charge is 0.367 e. The van der Waals surface area contributed by atoms with Crippen LogP contribution in [0.2, 0.25) is 0 Å². The minimum atomic E-state index is -0.524. The van der Waals surface area contributed by atoms with Crippen molar-refractivity contribution in [3.63, 3.8) is 0 Å². The quantitative estimate of drug-likeness (QED) is 0.877. The van der Waals surface area contributed by atoms with E-state index in [0.29, 0.717) is 12.0 Å². The normalized spacial score (nSPS) is 12.9. The number of halogens is 2. The molecule has 0 aliphatic carbocycles. The summed E-state index contributed by atoms with van der Waals surface area (Å²) in [5, 5.41) is 0. The standard InChI is InChI=1S/C14H22F2N2/c1-5-11(17)6-10-7-12(15)14(13(16)8-10)18(4)9(2)3/h7-9,11H,5-6,17H2,1-4H3. The van der Waals surface area contributed by atoms with Crippen LogP contribution in [0.3, 0.4) is 0 Å². The third-order valence-corrected chi connectivity index (χ3v) is 3.23. The molecular weight excluding hydrogens is 234 g/mol. The molecule has 1 atom stereocenters. The van der Waals surface area contributed by atoms with Crippen LogP contribution in [0.1, 0.15) is 32.8 Å². The van der Waals surface area contributed by atoms with Crippen molar-refractivity contribution in [1.82, 2.24) is 0 Å². The zero-order valence-corrected chi connectivity index (χ0v) is 11.5. The van der Waals surface area contributed by atoms with Crippen LogP contribution in [0.15, 0.2) is 12.1 Å². The lowest BCUT2D eigenvalue weighted by atomic mass is 10.0. The predicted octanol–water partition coefficient (Wildman–Crippen LogP) is 3.09. The summed E-state index contributed by atoms with van der Waals surface area (Å²) in [5.41, 5.74) is 6.43. The smallest absolute Gasteiger partial charge is 0.149 e. The highest BCUT2D eigenvalue weighted by Crippen LogP contribution is 2.26. The average Bonchev–Trinajstić information content (AvgIpc) is 2.27. The van der Waals surface area contributed by atoms with Crippen LogP contribution in [0.5, 0.6) is 0 Å². The molecule has 0 radical (unpaired) electrons. The van der Waals surface area contributed by atoms with Crippen molar-refractivity contribution in [2.75, 3.05) is 11.9 Å². The molecule has 1 unspecified atom stereocenters. The second-order valence-electron chi connectivity index (χ2n) is 4.99. The van der Waals surface area contributed by atoms with Gasteiger partial charge in [-0.15, -0.1) is 0 Å². The highest BCUT2D eigenvalue weighted by molar-refractivity contribution is 5.50. The Morgan fingerprint density at radius 2 is 1.72 bits per heavy atom. The van der Waals surface area contributed by atoms with E-state index in [2.05, 4.69) is 0 Å². The summed E-state index contributed by atoms with van der Waals surface area (Å²) in [6.07, 6.45) is 1.28. The maximum atomic E-state index is 14.0. The molecule has 1 rings (SSSR count). The predicted molar refractivity (Wildman–Crippen MR) is 71.9 cm³/mol. The van der Waals surface area contributed by atoms with Crippen LogP contribution in [0.25, 0.3) is 0 Å². The average molecular weight is 256 g/mol. The number of benzene rings is 1. The Labute approximate surface area is 108 Å². The second-order valence-corrected chi connectivity index (χ2v) is 4.99. The third kappa shape index (κ3) is 3.42. The van der Waals surface area contributed by atoms with E-state index >= 15 is 0 Å². The van der Waals surface area contributed by atoms with Gasteiger partial charge in [-0.05, 0) is 44.4 Å². The van der Waals surface area contributed by atoms with Gasteiger partial charge < -0.3 is 10.6 Å². The lowest BCUT2D eigenvalue weighted by Gasteiger charge is -2.25. The van der Waals surface area contributed by atoms with Gasteiger partial charge in [-0.2, -0.15) is 0 Å². The third-order valence-electron chi connectivity index (χ3n) is 3.23. The molecule has 18 heavy (non-hydrogen) atoms. The number of nitrogens with two attached hydrogens (primary N) is 1. The lowest BCUT2D eigenvalue weighted by Crippen LogP contribution is -2.28. The van der Waals surface area contributed by atoms with Crippen LogP contribution < -0.4 is 10.6 Å². The highest BCUT2D eigenvalue weighted by atomic mass is 19.1. The first-order valence-corrected chi connectivity index (χ1v) is 6.33. The molecule has 0 aromatic heterocycles. The molecule has 0 saturated heterocycles. The Hall–Kier alpha value is -1.16. The summed E-state index contributed by atoms with van der Waals surface area (Å²) in [5.74, 6) is -1.05. The highest BCUT2D eigenvalue weighted by Gasteiger charge is 2.17. The van der Waals surface area contributed by atoms with Gasteiger partial charge in [-0.3, -0.25) is 0 Å². The Kier molecular flexibility index (Phi) is 5.08. The molecule has 4 heteroatoms. The van der Waals surface area contributed by atoms with Gasteiger partial charge in [-0.1, -0.05) is 6.92 Å². The monoisotopic (exact) mass is 256 g/mol. The van der Waals surface area contributed by atoms with Crippen molar-refractivity contribution in [3.8, 4) is 0 Å². The molecule has 0 amide bonds. The summed E-state index contributed by atoms with van der Waals surface area (Å²) in [6, 6.07) is 2.75. The van der Waals surface area contributed by atoms with Gasteiger partial charge in [0.25, 0.3) is 0 Å². The molecule has 0 bridgehead atoms. The van der Waals surface area contributed by atoms with Gasteiger partial charge in [0.1, 0.15) is 17.3 Å². The number of hydrogen-bond donors (Lipinski definition) is 1. The maximum Gasteiger partial charge on any atom is 0.149 e. The van der Waals surface area contributed by atoms with Crippen molar-refractivity contribution < 1.29 is 8.78 Å². The van der Waals surface area contributed by atoms with E-state index in [0.717, 1.165) is 6.42 Å². The first kappa shape index (κ1) is 14.9. The first-order chi connectivity index (χ1) is 8.36. The first-order valence-electron chi connectivity index (χ1n) is 6.33. The summed E-state index contributed by atoms with van der Waals surface area (Å²) in [6.45, 7) is 5.73. The van der Waals surface area contributed by atoms with Gasteiger partial charge >= 0.3 is 0 Å². The van der Waals surface area contributed by atoms with Crippen LogP contribution in [-0.2, 0) is 6.42 Å².